The van der Waals surface area contributed by atoms with Gasteiger partial charge in [0.2, 0.25) is 0 Å². The lowest BCUT2D eigenvalue weighted by atomic mass is 10.1. The summed E-state index contributed by atoms with van der Waals surface area (Å²) in [5.41, 5.74) is 0.484. The van der Waals surface area contributed by atoms with E-state index in [1.54, 1.807) is 24.4 Å². The van der Waals surface area contributed by atoms with Crippen molar-refractivity contribution in [3.63, 3.8) is 0 Å². The fourth-order valence-electron chi connectivity index (χ4n) is 1.91. The summed E-state index contributed by atoms with van der Waals surface area (Å²) in [6.07, 6.45) is 1.61. The predicted molar refractivity (Wildman–Crippen MR) is 70.4 cm³/mol. The van der Waals surface area contributed by atoms with Crippen LogP contribution >= 0.6 is 0 Å². The van der Waals surface area contributed by atoms with Crippen LogP contribution in [0.15, 0.2) is 36.5 Å². The van der Waals surface area contributed by atoms with Gasteiger partial charge < -0.3 is 5.32 Å². The van der Waals surface area contributed by atoms with E-state index in [9.17, 15) is 18.0 Å². The Bertz CT molecular complexity index is 845. The molecule has 21 heavy (non-hydrogen) atoms. The van der Waals surface area contributed by atoms with Gasteiger partial charge in [0.05, 0.1) is 17.3 Å². The number of halogens is 3. The van der Waals surface area contributed by atoms with Crippen molar-refractivity contribution in [2.24, 2.45) is 0 Å². The van der Waals surface area contributed by atoms with Crippen LogP contribution in [0.2, 0.25) is 0 Å². The molecular formula is C14H8F3N3O. The van der Waals surface area contributed by atoms with E-state index in [0.29, 0.717) is 23.3 Å². The summed E-state index contributed by atoms with van der Waals surface area (Å²) in [6, 6.07) is 5.75. The standard InChI is InChI=1S/C14H8F3N3O/c15-10-5-12(17)11(16)4-9(10)14(21)19-8-2-1-7-6-18-20-13(7)3-8/h1-6H,(H,18,20)(H,19,21). The van der Waals surface area contributed by atoms with E-state index >= 15 is 0 Å². The number of rotatable bonds is 2. The summed E-state index contributed by atoms with van der Waals surface area (Å²) in [5, 5.41) is 9.79. The number of carbonyl (C=O) groups is 1. The van der Waals surface area contributed by atoms with Crippen molar-refractivity contribution in [3.8, 4) is 0 Å². The number of benzene rings is 2. The van der Waals surface area contributed by atoms with E-state index in [1.807, 2.05) is 0 Å². The number of amides is 1. The van der Waals surface area contributed by atoms with Crippen LogP contribution in [0.4, 0.5) is 18.9 Å². The number of fused-ring (bicyclic) bond motifs is 1. The SMILES string of the molecule is O=C(Nc1ccc2cn[nH]c2c1)c1cc(F)c(F)cc1F. The first-order chi connectivity index (χ1) is 10.0. The van der Waals surface area contributed by atoms with Crippen molar-refractivity contribution in [3.05, 3.63) is 59.5 Å². The third-order valence-corrected chi connectivity index (χ3v) is 2.95. The Balaban J connectivity index is 1.90. The molecule has 1 heterocycles. The van der Waals surface area contributed by atoms with Crippen LogP contribution in [-0.4, -0.2) is 16.1 Å². The number of nitrogens with zero attached hydrogens (tertiary/aromatic N) is 1. The van der Waals surface area contributed by atoms with Gasteiger partial charge in [-0.2, -0.15) is 5.10 Å². The highest BCUT2D eigenvalue weighted by Gasteiger charge is 2.16. The molecule has 0 aliphatic rings. The fourth-order valence-corrected chi connectivity index (χ4v) is 1.91. The average molecular weight is 291 g/mol. The zero-order valence-electron chi connectivity index (χ0n) is 10.5. The molecule has 4 nitrogen and oxygen atoms in total. The second kappa shape index (κ2) is 4.93. The van der Waals surface area contributed by atoms with Crippen molar-refractivity contribution >= 4 is 22.5 Å². The first-order valence-electron chi connectivity index (χ1n) is 5.93. The van der Waals surface area contributed by atoms with Crippen LogP contribution in [0, 0.1) is 17.5 Å². The minimum Gasteiger partial charge on any atom is -0.322 e. The van der Waals surface area contributed by atoms with E-state index < -0.39 is 28.9 Å². The minimum atomic E-state index is -1.34. The quantitative estimate of drug-likeness (QED) is 0.712. The van der Waals surface area contributed by atoms with Crippen LogP contribution < -0.4 is 5.32 Å². The Kier molecular flexibility index (Phi) is 3.09. The molecule has 1 amide bonds. The second-order valence-corrected chi connectivity index (χ2v) is 4.37. The van der Waals surface area contributed by atoms with Crippen molar-refractivity contribution in [1.82, 2.24) is 10.2 Å². The first kappa shape index (κ1) is 13.2. The topological polar surface area (TPSA) is 57.8 Å². The molecule has 3 aromatic rings. The van der Waals surface area contributed by atoms with Gasteiger partial charge in [-0.05, 0) is 24.3 Å². The maximum atomic E-state index is 13.5. The monoisotopic (exact) mass is 291 g/mol. The molecule has 2 N–H and O–H groups in total. The van der Waals surface area contributed by atoms with E-state index in [4.69, 9.17) is 0 Å². The van der Waals surface area contributed by atoms with Crippen LogP contribution in [0.5, 0.6) is 0 Å². The van der Waals surface area contributed by atoms with Crippen molar-refractivity contribution in [2.45, 2.75) is 0 Å². The van der Waals surface area contributed by atoms with Crippen LogP contribution in [0.1, 0.15) is 10.4 Å². The number of nitrogens with one attached hydrogen (secondary N) is 2. The van der Waals surface area contributed by atoms with Crippen LogP contribution in [0.25, 0.3) is 10.9 Å². The minimum absolute atomic E-state index is 0.336. The lowest BCUT2D eigenvalue weighted by Gasteiger charge is -2.07. The molecule has 0 saturated carbocycles. The molecule has 7 heteroatoms. The number of anilines is 1. The zero-order chi connectivity index (χ0) is 15.0. The lowest BCUT2D eigenvalue weighted by molar-refractivity contribution is 0.102. The van der Waals surface area contributed by atoms with Gasteiger partial charge in [0.1, 0.15) is 5.82 Å². The maximum absolute atomic E-state index is 13.5. The largest absolute Gasteiger partial charge is 0.322 e. The summed E-state index contributed by atoms with van der Waals surface area (Å²) in [6.45, 7) is 0. The molecule has 106 valence electrons. The summed E-state index contributed by atoms with van der Waals surface area (Å²) in [5.74, 6) is -4.63. The summed E-state index contributed by atoms with van der Waals surface area (Å²) >= 11 is 0. The molecule has 0 bridgehead atoms. The van der Waals surface area contributed by atoms with Crippen LogP contribution in [0.3, 0.4) is 0 Å². The molecule has 0 aliphatic heterocycles. The van der Waals surface area contributed by atoms with E-state index in [-0.39, 0.29) is 0 Å². The summed E-state index contributed by atoms with van der Waals surface area (Å²) < 4.78 is 39.4. The summed E-state index contributed by atoms with van der Waals surface area (Å²) in [7, 11) is 0. The number of hydrogen-bond acceptors (Lipinski definition) is 2. The van der Waals surface area contributed by atoms with Crippen molar-refractivity contribution in [1.29, 1.82) is 0 Å². The molecule has 2 aromatic carbocycles. The Morgan fingerprint density at radius 3 is 2.62 bits per heavy atom. The molecule has 0 spiro atoms. The number of hydrogen-bond donors (Lipinski definition) is 2. The van der Waals surface area contributed by atoms with Gasteiger partial charge in [-0.3, -0.25) is 9.89 Å². The smallest absolute Gasteiger partial charge is 0.258 e. The van der Waals surface area contributed by atoms with Crippen LogP contribution in [-0.2, 0) is 0 Å². The predicted octanol–water partition coefficient (Wildman–Crippen LogP) is 3.23. The van der Waals surface area contributed by atoms with Gasteiger partial charge in [-0.1, -0.05) is 0 Å². The van der Waals surface area contributed by atoms with Gasteiger partial charge in [-0.25, -0.2) is 13.2 Å². The highest BCUT2D eigenvalue weighted by Crippen LogP contribution is 2.19. The Hall–Kier alpha value is -2.83. The maximum Gasteiger partial charge on any atom is 0.258 e. The van der Waals surface area contributed by atoms with Gasteiger partial charge >= 0.3 is 0 Å². The van der Waals surface area contributed by atoms with E-state index in [2.05, 4.69) is 15.5 Å². The second-order valence-electron chi connectivity index (χ2n) is 4.37. The molecular weight excluding hydrogens is 283 g/mol. The molecule has 0 fully saturated rings. The van der Waals surface area contributed by atoms with Crippen molar-refractivity contribution < 1.29 is 18.0 Å². The normalized spacial score (nSPS) is 10.8. The van der Waals surface area contributed by atoms with E-state index in [1.165, 1.54) is 0 Å². The van der Waals surface area contributed by atoms with Gasteiger partial charge in [0, 0.05) is 17.1 Å². The molecule has 0 saturated heterocycles. The Labute approximate surface area is 116 Å². The molecule has 1 aromatic heterocycles. The number of carbonyl (C=O) groups excluding carboxylic acids is 1. The Morgan fingerprint density at radius 1 is 1.05 bits per heavy atom. The van der Waals surface area contributed by atoms with Crippen molar-refractivity contribution in [2.75, 3.05) is 5.32 Å². The average Bonchev–Trinajstić information content (AvgIpc) is 2.90. The van der Waals surface area contributed by atoms with Gasteiger partial charge in [0.25, 0.3) is 5.91 Å². The zero-order valence-corrected chi connectivity index (χ0v) is 10.5. The Morgan fingerprint density at radius 2 is 1.81 bits per heavy atom. The highest BCUT2D eigenvalue weighted by molar-refractivity contribution is 6.05. The highest BCUT2D eigenvalue weighted by atomic mass is 19.2. The molecule has 0 atom stereocenters. The third-order valence-electron chi connectivity index (χ3n) is 2.95. The van der Waals surface area contributed by atoms with E-state index in [0.717, 1.165) is 5.39 Å². The molecule has 0 aliphatic carbocycles. The van der Waals surface area contributed by atoms with Gasteiger partial charge in [0.15, 0.2) is 11.6 Å². The molecule has 3 rings (SSSR count). The number of H-pyrrole nitrogens is 1. The number of aromatic nitrogens is 2. The summed E-state index contributed by atoms with van der Waals surface area (Å²) in [4.78, 5) is 11.9. The third kappa shape index (κ3) is 2.45. The number of aromatic amines is 1. The fraction of sp³-hybridized carbons (Fsp3) is 0. The molecule has 0 unspecified atom stereocenters. The lowest BCUT2D eigenvalue weighted by Crippen LogP contribution is -2.14. The molecule has 0 radical (unpaired) electrons. The first-order valence-corrected chi connectivity index (χ1v) is 5.93. The van der Waals surface area contributed by atoms with Gasteiger partial charge in [-0.15, -0.1) is 0 Å².